The zero-order chi connectivity index (χ0) is 21.6. The largest absolute Gasteiger partial charge is 0.497 e. The molecule has 0 bridgehead atoms. The zero-order valence-corrected chi connectivity index (χ0v) is 17.4. The van der Waals surface area contributed by atoms with Gasteiger partial charge < -0.3 is 9.64 Å². The molecule has 8 heteroatoms. The number of methoxy groups -OCH3 is 1. The van der Waals surface area contributed by atoms with Crippen LogP contribution in [-0.4, -0.2) is 64.0 Å². The van der Waals surface area contributed by atoms with Crippen LogP contribution in [0.15, 0.2) is 60.8 Å². The van der Waals surface area contributed by atoms with Crippen molar-refractivity contribution in [2.75, 3.05) is 33.3 Å². The van der Waals surface area contributed by atoms with Gasteiger partial charge in [0.2, 0.25) is 0 Å². The van der Waals surface area contributed by atoms with Crippen molar-refractivity contribution in [1.82, 2.24) is 24.8 Å². The van der Waals surface area contributed by atoms with E-state index in [0.717, 1.165) is 16.9 Å². The second-order valence-corrected chi connectivity index (χ2v) is 7.42. The highest BCUT2D eigenvalue weighted by Crippen LogP contribution is 2.24. The maximum Gasteiger partial charge on any atom is 0.276 e. The Balaban J connectivity index is 1.36. The SMILES string of the molecule is COc1ccc(C(C#N)N2CCN(C(=O)c3cn(Cc4ccccc4)nn3)CC2)cc1. The van der Waals surface area contributed by atoms with Gasteiger partial charge in [-0.05, 0) is 23.3 Å². The Morgan fingerprint density at radius 2 is 1.81 bits per heavy atom. The van der Waals surface area contributed by atoms with E-state index < -0.39 is 0 Å². The normalized spacial score (nSPS) is 15.3. The number of hydrogen-bond donors (Lipinski definition) is 0. The summed E-state index contributed by atoms with van der Waals surface area (Å²) in [5.41, 5.74) is 2.37. The summed E-state index contributed by atoms with van der Waals surface area (Å²) in [6.45, 7) is 2.89. The standard InChI is InChI=1S/C23H24N6O2/c1-31-20-9-7-19(8-10-20)22(15-24)27-11-13-28(14-12-27)23(30)21-17-29(26-25-21)16-18-5-3-2-4-6-18/h2-10,17,22H,11-14,16H2,1H3. The summed E-state index contributed by atoms with van der Waals surface area (Å²) in [4.78, 5) is 16.7. The van der Waals surface area contributed by atoms with Gasteiger partial charge in [-0.2, -0.15) is 5.26 Å². The average molecular weight is 416 g/mol. The topological polar surface area (TPSA) is 87.3 Å². The number of piperazine rings is 1. The molecule has 158 valence electrons. The van der Waals surface area contributed by atoms with E-state index in [-0.39, 0.29) is 11.9 Å². The molecule has 1 amide bonds. The Bertz CT molecular complexity index is 1050. The average Bonchev–Trinajstić information content (AvgIpc) is 3.29. The fourth-order valence-electron chi connectivity index (χ4n) is 3.74. The maximum absolute atomic E-state index is 12.9. The van der Waals surface area contributed by atoms with Crippen molar-refractivity contribution in [3.63, 3.8) is 0 Å². The molecule has 0 spiro atoms. The van der Waals surface area contributed by atoms with E-state index in [9.17, 15) is 10.1 Å². The molecular formula is C23H24N6O2. The molecule has 0 radical (unpaired) electrons. The Hall–Kier alpha value is -3.70. The van der Waals surface area contributed by atoms with Gasteiger partial charge in [0.1, 0.15) is 11.8 Å². The van der Waals surface area contributed by atoms with Gasteiger partial charge in [0.25, 0.3) is 5.91 Å². The van der Waals surface area contributed by atoms with Crippen LogP contribution in [0.1, 0.15) is 27.7 Å². The van der Waals surface area contributed by atoms with Crippen LogP contribution < -0.4 is 4.74 Å². The number of nitrogens with zero attached hydrogens (tertiary/aromatic N) is 6. The van der Waals surface area contributed by atoms with E-state index in [0.29, 0.717) is 38.4 Å². The first-order valence-electron chi connectivity index (χ1n) is 10.2. The number of hydrogen-bond acceptors (Lipinski definition) is 6. The van der Waals surface area contributed by atoms with Gasteiger partial charge in [-0.3, -0.25) is 9.69 Å². The summed E-state index contributed by atoms with van der Waals surface area (Å²) < 4.78 is 6.87. The van der Waals surface area contributed by atoms with Gasteiger partial charge in [-0.25, -0.2) is 4.68 Å². The van der Waals surface area contributed by atoms with E-state index in [2.05, 4.69) is 21.3 Å². The Morgan fingerprint density at radius 3 is 2.45 bits per heavy atom. The van der Waals surface area contributed by atoms with Crippen molar-refractivity contribution in [1.29, 1.82) is 5.26 Å². The van der Waals surface area contributed by atoms with E-state index in [1.807, 2.05) is 54.6 Å². The van der Waals surface area contributed by atoms with Gasteiger partial charge in [-0.1, -0.05) is 47.7 Å². The zero-order valence-electron chi connectivity index (χ0n) is 17.4. The van der Waals surface area contributed by atoms with Gasteiger partial charge >= 0.3 is 0 Å². The summed E-state index contributed by atoms with van der Waals surface area (Å²) in [7, 11) is 1.62. The van der Waals surface area contributed by atoms with Crippen LogP contribution in [0, 0.1) is 11.3 Å². The molecule has 8 nitrogen and oxygen atoms in total. The third-order valence-corrected chi connectivity index (χ3v) is 5.47. The van der Waals surface area contributed by atoms with Crippen LogP contribution in [0.25, 0.3) is 0 Å². The molecule has 1 aromatic heterocycles. The van der Waals surface area contributed by atoms with Crippen molar-refractivity contribution in [2.24, 2.45) is 0 Å². The van der Waals surface area contributed by atoms with E-state index >= 15 is 0 Å². The number of rotatable bonds is 6. The maximum atomic E-state index is 12.9. The van der Waals surface area contributed by atoms with Gasteiger partial charge in [-0.15, -0.1) is 5.10 Å². The molecule has 1 saturated heterocycles. The van der Waals surface area contributed by atoms with Crippen LogP contribution in [-0.2, 0) is 6.54 Å². The second-order valence-electron chi connectivity index (χ2n) is 7.42. The molecule has 2 heterocycles. The highest BCUT2D eigenvalue weighted by atomic mass is 16.5. The first-order valence-corrected chi connectivity index (χ1v) is 10.2. The number of aromatic nitrogens is 3. The first-order chi connectivity index (χ1) is 15.2. The predicted molar refractivity (Wildman–Crippen MR) is 114 cm³/mol. The minimum atomic E-state index is -0.352. The van der Waals surface area contributed by atoms with Gasteiger partial charge in [0.15, 0.2) is 5.69 Å². The van der Waals surface area contributed by atoms with E-state index in [1.165, 1.54) is 0 Å². The first kappa shape index (κ1) is 20.6. The van der Waals surface area contributed by atoms with Crippen LogP contribution in [0.2, 0.25) is 0 Å². The lowest BCUT2D eigenvalue weighted by molar-refractivity contribution is 0.0600. The lowest BCUT2D eigenvalue weighted by atomic mass is 10.1. The smallest absolute Gasteiger partial charge is 0.276 e. The van der Waals surface area contributed by atoms with Crippen molar-refractivity contribution in [2.45, 2.75) is 12.6 Å². The van der Waals surface area contributed by atoms with Crippen LogP contribution in [0.5, 0.6) is 5.75 Å². The summed E-state index contributed by atoms with van der Waals surface area (Å²) in [6.07, 6.45) is 1.69. The summed E-state index contributed by atoms with van der Waals surface area (Å²) >= 11 is 0. The molecule has 1 atom stereocenters. The molecule has 1 unspecified atom stereocenters. The minimum absolute atomic E-state index is 0.128. The number of ether oxygens (including phenoxy) is 1. The van der Waals surface area contributed by atoms with Crippen molar-refractivity contribution < 1.29 is 9.53 Å². The molecule has 1 fully saturated rings. The lowest BCUT2D eigenvalue weighted by Crippen LogP contribution is -2.49. The van der Waals surface area contributed by atoms with Gasteiger partial charge in [0, 0.05) is 26.2 Å². The fourth-order valence-corrected chi connectivity index (χ4v) is 3.74. The summed E-state index contributed by atoms with van der Waals surface area (Å²) in [6, 6.07) is 19.5. The fraction of sp³-hybridized carbons (Fsp3) is 0.304. The van der Waals surface area contributed by atoms with Crippen LogP contribution in [0.3, 0.4) is 0 Å². The Morgan fingerprint density at radius 1 is 1.10 bits per heavy atom. The third-order valence-electron chi connectivity index (χ3n) is 5.47. The Kier molecular flexibility index (Phi) is 6.24. The molecular weight excluding hydrogens is 392 g/mol. The number of amides is 1. The molecule has 0 saturated carbocycles. The third kappa shape index (κ3) is 4.73. The number of nitriles is 1. The molecule has 4 rings (SSSR count). The van der Waals surface area contributed by atoms with Crippen LogP contribution >= 0.6 is 0 Å². The van der Waals surface area contributed by atoms with Crippen molar-refractivity contribution in [3.8, 4) is 11.8 Å². The van der Waals surface area contributed by atoms with Crippen molar-refractivity contribution in [3.05, 3.63) is 77.6 Å². The van der Waals surface area contributed by atoms with E-state index in [1.54, 1.807) is 22.9 Å². The number of carbonyl (C=O) groups excluding carboxylic acids is 1. The molecule has 3 aromatic rings. The number of benzene rings is 2. The highest BCUT2D eigenvalue weighted by molar-refractivity contribution is 5.92. The minimum Gasteiger partial charge on any atom is -0.497 e. The monoisotopic (exact) mass is 416 g/mol. The quantitative estimate of drug-likeness (QED) is 0.613. The Labute approximate surface area is 181 Å². The van der Waals surface area contributed by atoms with Gasteiger partial charge in [0.05, 0.1) is 25.9 Å². The highest BCUT2D eigenvalue weighted by Gasteiger charge is 2.28. The molecule has 2 aromatic carbocycles. The summed E-state index contributed by atoms with van der Waals surface area (Å²) in [5, 5.41) is 17.9. The van der Waals surface area contributed by atoms with Crippen LogP contribution in [0.4, 0.5) is 0 Å². The van der Waals surface area contributed by atoms with Crippen molar-refractivity contribution >= 4 is 5.91 Å². The summed E-state index contributed by atoms with van der Waals surface area (Å²) in [5.74, 6) is 0.632. The molecule has 1 aliphatic heterocycles. The predicted octanol–water partition coefficient (Wildman–Crippen LogP) is 2.36. The molecule has 0 aliphatic carbocycles. The lowest BCUT2D eigenvalue weighted by Gasteiger charge is -2.36. The molecule has 1 aliphatic rings. The molecule has 31 heavy (non-hydrogen) atoms. The van der Waals surface area contributed by atoms with E-state index in [4.69, 9.17) is 4.74 Å². The second kappa shape index (κ2) is 9.41. The number of carbonyl (C=O) groups is 1. The molecule has 0 N–H and O–H groups in total.